The first-order valence-corrected chi connectivity index (χ1v) is 6.34. The van der Waals surface area contributed by atoms with Crippen molar-refractivity contribution in [2.45, 2.75) is 24.3 Å². The maximum absolute atomic E-state index is 11.7. The topological polar surface area (TPSA) is 105 Å². The Morgan fingerprint density at radius 3 is 2.88 bits per heavy atom. The molecule has 0 fully saturated rings. The molecule has 1 atom stereocenters. The third-order valence-electron chi connectivity index (χ3n) is 2.07. The largest absolute Gasteiger partial charge is 0.392 e. The van der Waals surface area contributed by atoms with E-state index in [-0.39, 0.29) is 17.3 Å². The number of nitrogens with zero attached hydrogens (tertiary/aromatic N) is 1. The minimum atomic E-state index is -3.69. The molecule has 90 valence electrons. The van der Waals surface area contributed by atoms with Crippen molar-refractivity contribution < 1.29 is 13.5 Å². The number of pyridine rings is 1. The smallest absolute Gasteiger partial charge is 0.244 e. The van der Waals surface area contributed by atoms with E-state index in [0.717, 1.165) is 0 Å². The standard InChI is InChI=1S/C9H15N3O3S/c1-2-7(13)6-12-16(14,15)8-4-3-5-11-9(8)10/h3-5,7,12-13H,2,6H2,1H3,(H2,10,11). The summed E-state index contributed by atoms with van der Waals surface area (Å²) in [6.07, 6.45) is 1.19. The number of nitrogens with one attached hydrogen (secondary N) is 1. The van der Waals surface area contributed by atoms with Crippen molar-refractivity contribution in [1.82, 2.24) is 9.71 Å². The van der Waals surface area contributed by atoms with Crippen LogP contribution >= 0.6 is 0 Å². The van der Waals surface area contributed by atoms with Crippen LogP contribution in [0.1, 0.15) is 13.3 Å². The molecule has 6 nitrogen and oxygen atoms in total. The molecule has 0 aromatic carbocycles. The first kappa shape index (κ1) is 12.9. The van der Waals surface area contributed by atoms with Gasteiger partial charge in [-0.2, -0.15) is 0 Å². The Labute approximate surface area is 94.6 Å². The summed E-state index contributed by atoms with van der Waals surface area (Å²) in [4.78, 5) is 3.62. The average molecular weight is 245 g/mol. The molecule has 7 heteroatoms. The number of anilines is 1. The monoisotopic (exact) mass is 245 g/mol. The summed E-state index contributed by atoms with van der Waals surface area (Å²) in [5.41, 5.74) is 5.45. The van der Waals surface area contributed by atoms with Crippen molar-refractivity contribution in [3.8, 4) is 0 Å². The molecule has 16 heavy (non-hydrogen) atoms. The van der Waals surface area contributed by atoms with Gasteiger partial charge in [0.2, 0.25) is 10.0 Å². The predicted molar refractivity (Wildman–Crippen MR) is 60.1 cm³/mol. The number of nitrogen functional groups attached to an aromatic ring is 1. The highest BCUT2D eigenvalue weighted by molar-refractivity contribution is 7.89. The zero-order chi connectivity index (χ0) is 12.2. The first-order chi connectivity index (χ1) is 7.47. The Bertz CT molecular complexity index is 447. The van der Waals surface area contributed by atoms with E-state index < -0.39 is 16.1 Å². The van der Waals surface area contributed by atoms with Gasteiger partial charge in [0, 0.05) is 12.7 Å². The van der Waals surface area contributed by atoms with Crippen molar-refractivity contribution in [1.29, 1.82) is 0 Å². The van der Waals surface area contributed by atoms with E-state index in [4.69, 9.17) is 5.73 Å². The molecular weight excluding hydrogens is 230 g/mol. The van der Waals surface area contributed by atoms with Crippen LogP contribution < -0.4 is 10.5 Å². The number of aliphatic hydroxyl groups excluding tert-OH is 1. The maximum atomic E-state index is 11.7. The van der Waals surface area contributed by atoms with E-state index in [2.05, 4.69) is 9.71 Å². The van der Waals surface area contributed by atoms with Crippen LogP contribution in [0, 0.1) is 0 Å². The minimum Gasteiger partial charge on any atom is -0.392 e. The molecule has 0 bridgehead atoms. The lowest BCUT2D eigenvalue weighted by Gasteiger charge is -2.10. The predicted octanol–water partition coefficient (Wildman–Crippen LogP) is -0.287. The van der Waals surface area contributed by atoms with Gasteiger partial charge < -0.3 is 10.8 Å². The highest BCUT2D eigenvalue weighted by Gasteiger charge is 2.18. The number of aliphatic hydroxyl groups is 1. The third kappa shape index (κ3) is 3.16. The SMILES string of the molecule is CCC(O)CNS(=O)(=O)c1cccnc1N. The van der Waals surface area contributed by atoms with Crippen LogP contribution in [-0.2, 0) is 10.0 Å². The van der Waals surface area contributed by atoms with Gasteiger partial charge in [-0.05, 0) is 18.6 Å². The average Bonchev–Trinajstić information content (AvgIpc) is 2.26. The summed E-state index contributed by atoms with van der Waals surface area (Å²) in [6, 6.07) is 2.85. The van der Waals surface area contributed by atoms with E-state index >= 15 is 0 Å². The quantitative estimate of drug-likeness (QED) is 0.661. The fraction of sp³-hybridized carbons (Fsp3) is 0.444. The van der Waals surface area contributed by atoms with Crippen LogP contribution in [0.3, 0.4) is 0 Å². The van der Waals surface area contributed by atoms with Crippen molar-refractivity contribution in [3.05, 3.63) is 18.3 Å². The molecule has 0 spiro atoms. The zero-order valence-corrected chi connectivity index (χ0v) is 9.74. The molecule has 1 rings (SSSR count). The molecule has 0 aliphatic rings. The Morgan fingerprint density at radius 2 is 2.31 bits per heavy atom. The van der Waals surface area contributed by atoms with Gasteiger partial charge in [-0.15, -0.1) is 0 Å². The molecule has 1 aromatic rings. The third-order valence-corrected chi connectivity index (χ3v) is 3.54. The number of sulfonamides is 1. The number of hydrogen-bond acceptors (Lipinski definition) is 5. The molecule has 0 aliphatic carbocycles. The van der Waals surface area contributed by atoms with Gasteiger partial charge in [-0.3, -0.25) is 0 Å². The van der Waals surface area contributed by atoms with Crippen molar-refractivity contribution >= 4 is 15.8 Å². The van der Waals surface area contributed by atoms with Crippen LogP contribution in [0.25, 0.3) is 0 Å². The molecule has 0 radical (unpaired) electrons. The summed E-state index contributed by atoms with van der Waals surface area (Å²) in [7, 11) is -3.69. The molecule has 4 N–H and O–H groups in total. The van der Waals surface area contributed by atoms with E-state index in [9.17, 15) is 13.5 Å². The Kier molecular flexibility index (Phi) is 4.22. The molecule has 0 saturated heterocycles. The van der Waals surface area contributed by atoms with E-state index in [1.807, 2.05) is 0 Å². The Hall–Kier alpha value is -1.18. The molecule has 1 unspecified atom stereocenters. The van der Waals surface area contributed by atoms with Crippen LogP contribution in [-0.4, -0.2) is 31.2 Å². The van der Waals surface area contributed by atoms with E-state index in [1.165, 1.54) is 18.3 Å². The molecule has 1 heterocycles. The summed E-state index contributed by atoms with van der Waals surface area (Å²) in [6.45, 7) is 1.73. The zero-order valence-electron chi connectivity index (χ0n) is 8.92. The second-order valence-electron chi connectivity index (χ2n) is 3.30. The lowest BCUT2D eigenvalue weighted by Crippen LogP contribution is -2.32. The maximum Gasteiger partial charge on any atom is 0.244 e. The van der Waals surface area contributed by atoms with Gasteiger partial charge in [0.15, 0.2) is 0 Å². The highest BCUT2D eigenvalue weighted by atomic mass is 32.2. The van der Waals surface area contributed by atoms with Crippen LogP contribution in [0.2, 0.25) is 0 Å². The summed E-state index contributed by atoms with van der Waals surface area (Å²) >= 11 is 0. The van der Waals surface area contributed by atoms with Crippen LogP contribution in [0.4, 0.5) is 5.82 Å². The van der Waals surface area contributed by atoms with Crippen molar-refractivity contribution in [3.63, 3.8) is 0 Å². The molecule has 0 amide bonds. The first-order valence-electron chi connectivity index (χ1n) is 4.85. The normalized spacial score (nSPS) is 13.6. The lowest BCUT2D eigenvalue weighted by atomic mass is 10.3. The summed E-state index contributed by atoms with van der Waals surface area (Å²) < 4.78 is 25.7. The Morgan fingerprint density at radius 1 is 1.62 bits per heavy atom. The van der Waals surface area contributed by atoms with Gasteiger partial charge in [-0.25, -0.2) is 18.1 Å². The van der Waals surface area contributed by atoms with Gasteiger partial charge in [0.25, 0.3) is 0 Å². The molecule has 0 saturated carbocycles. The number of aromatic nitrogens is 1. The van der Waals surface area contributed by atoms with Crippen LogP contribution in [0.5, 0.6) is 0 Å². The van der Waals surface area contributed by atoms with Crippen LogP contribution in [0.15, 0.2) is 23.2 Å². The molecular formula is C9H15N3O3S. The summed E-state index contributed by atoms with van der Waals surface area (Å²) in [5, 5.41) is 9.26. The van der Waals surface area contributed by atoms with E-state index in [0.29, 0.717) is 6.42 Å². The van der Waals surface area contributed by atoms with Crippen molar-refractivity contribution in [2.75, 3.05) is 12.3 Å². The van der Waals surface area contributed by atoms with Gasteiger partial charge in [-0.1, -0.05) is 6.92 Å². The van der Waals surface area contributed by atoms with E-state index in [1.54, 1.807) is 6.92 Å². The molecule has 0 aliphatic heterocycles. The fourth-order valence-electron chi connectivity index (χ4n) is 1.06. The number of hydrogen-bond donors (Lipinski definition) is 3. The van der Waals surface area contributed by atoms with Gasteiger partial charge >= 0.3 is 0 Å². The molecule has 1 aromatic heterocycles. The Balaban J connectivity index is 2.83. The second kappa shape index (κ2) is 5.24. The van der Waals surface area contributed by atoms with Gasteiger partial charge in [0.1, 0.15) is 10.7 Å². The highest BCUT2D eigenvalue weighted by Crippen LogP contribution is 2.13. The number of nitrogens with two attached hydrogens (primary N) is 1. The number of rotatable bonds is 5. The fourth-order valence-corrected chi connectivity index (χ4v) is 2.21. The van der Waals surface area contributed by atoms with Crippen molar-refractivity contribution in [2.24, 2.45) is 0 Å². The van der Waals surface area contributed by atoms with Gasteiger partial charge in [0.05, 0.1) is 6.10 Å². The summed E-state index contributed by atoms with van der Waals surface area (Å²) in [5.74, 6) is -0.0546. The minimum absolute atomic E-state index is 0.0346. The lowest BCUT2D eigenvalue weighted by molar-refractivity contribution is 0.174. The second-order valence-corrected chi connectivity index (χ2v) is 5.04.